The molecule has 1 amide bonds. The zero-order valence-electron chi connectivity index (χ0n) is 5.49. The van der Waals surface area contributed by atoms with E-state index < -0.39 is 6.30 Å². The van der Waals surface area contributed by atoms with E-state index >= 15 is 0 Å². The van der Waals surface area contributed by atoms with E-state index in [1.807, 2.05) is 0 Å². The lowest BCUT2D eigenvalue weighted by Crippen LogP contribution is -2.33. The quantitative estimate of drug-likeness (QED) is 0.458. The number of alkyl halides is 1. The zero-order chi connectivity index (χ0) is 7.56. The minimum Gasteiger partial charge on any atom is -0.282 e. The smallest absolute Gasteiger partial charge is 0.226 e. The normalized spacial score (nSPS) is 23.4. The summed E-state index contributed by atoms with van der Waals surface area (Å²) in [6, 6.07) is 0. The number of carbonyl (C=O) groups is 1. The monoisotopic (exact) mass is 142 g/mol. The summed E-state index contributed by atoms with van der Waals surface area (Å²) in [4.78, 5) is 15.1. The molecular weight excluding hydrogens is 135 g/mol. The van der Waals surface area contributed by atoms with Gasteiger partial charge in [-0.05, 0) is 0 Å². The molecule has 1 aliphatic heterocycles. The molecule has 1 heterocycles. The fourth-order valence-electron chi connectivity index (χ4n) is 0.664. The summed E-state index contributed by atoms with van der Waals surface area (Å²) < 4.78 is 12.6. The van der Waals surface area contributed by atoms with Crippen LogP contribution in [-0.4, -0.2) is 23.3 Å². The molecule has 1 rings (SSSR count). The van der Waals surface area contributed by atoms with E-state index in [1.165, 1.54) is 19.3 Å². The summed E-state index contributed by atoms with van der Waals surface area (Å²) in [6.07, 6.45) is 2.36. The second-order valence-corrected chi connectivity index (χ2v) is 1.90. The van der Waals surface area contributed by atoms with Gasteiger partial charge in [-0.15, -0.1) is 0 Å². The maximum Gasteiger partial charge on any atom is 0.226 e. The maximum atomic E-state index is 12.6. The largest absolute Gasteiger partial charge is 0.282 e. The van der Waals surface area contributed by atoms with Crippen LogP contribution in [0.25, 0.3) is 0 Å². The van der Waals surface area contributed by atoms with Crippen LogP contribution in [0, 0.1) is 0 Å². The van der Waals surface area contributed by atoms with Crippen LogP contribution in [0.2, 0.25) is 0 Å². The van der Waals surface area contributed by atoms with Gasteiger partial charge < -0.3 is 0 Å². The second kappa shape index (κ2) is 2.60. The third-order valence-corrected chi connectivity index (χ3v) is 1.15. The fraction of sp³-hybridized carbons (Fsp3) is 0.333. The fourth-order valence-corrected chi connectivity index (χ4v) is 0.664. The van der Waals surface area contributed by atoms with Crippen LogP contribution in [-0.2, 0) is 4.79 Å². The number of rotatable bonds is 0. The van der Waals surface area contributed by atoms with E-state index in [1.54, 1.807) is 0 Å². The highest BCUT2D eigenvalue weighted by molar-refractivity contribution is 5.80. The standard InChI is InChI=1S/C6H7FN2O/c1-5(10)9-3-2-8-4-6(9)7/h2-4,6H,1H3. The summed E-state index contributed by atoms with van der Waals surface area (Å²) in [5.41, 5.74) is 0. The van der Waals surface area contributed by atoms with E-state index in [2.05, 4.69) is 4.99 Å². The Kier molecular flexibility index (Phi) is 1.80. The van der Waals surface area contributed by atoms with Gasteiger partial charge in [0.2, 0.25) is 12.2 Å². The third kappa shape index (κ3) is 1.21. The molecule has 0 aromatic carbocycles. The van der Waals surface area contributed by atoms with Gasteiger partial charge in [0.05, 0.1) is 6.21 Å². The maximum absolute atomic E-state index is 12.6. The summed E-state index contributed by atoms with van der Waals surface area (Å²) >= 11 is 0. The summed E-state index contributed by atoms with van der Waals surface area (Å²) in [5.74, 6) is -0.324. The first kappa shape index (κ1) is 6.92. The predicted molar refractivity (Wildman–Crippen MR) is 35.0 cm³/mol. The molecule has 1 aliphatic rings. The summed E-state index contributed by atoms with van der Waals surface area (Å²) in [5, 5.41) is 0. The molecule has 0 radical (unpaired) electrons. The van der Waals surface area contributed by atoms with Crippen LogP contribution in [0.15, 0.2) is 17.4 Å². The molecule has 0 saturated heterocycles. The highest BCUT2D eigenvalue weighted by Crippen LogP contribution is 2.04. The van der Waals surface area contributed by atoms with Crippen molar-refractivity contribution in [3.05, 3.63) is 12.4 Å². The number of amides is 1. The predicted octanol–water partition coefficient (Wildman–Crippen LogP) is 0.686. The van der Waals surface area contributed by atoms with E-state index in [0.29, 0.717) is 0 Å². The van der Waals surface area contributed by atoms with Crippen molar-refractivity contribution in [2.24, 2.45) is 4.99 Å². The van der Waals surface area contributed by atoms with Gasteiger partial charge in [0, 0.05) is 19.3 Å². The highest BCUT2D eigenvalue weighted by atomic mass is 19.1. The zero-order valence-corrected chi connectivity index (χ0v) is 5.49. The van der Waals surface area contributed by atoms with E-state index in [4.69, 9.17) is 0 Å². The van der Waals surface area contributed by atoms with Gasteiger partial charge in [0.1, 0.15) is 0 Å². The molecule has 0 N–H and O–H groups in total. The minimum absolute atomic E-state index is 0.324. The highest BCUT2D eigenvalue weighted by Gasteiger charge is 2.16. The first-order valence-electron chi connectivity index (χ1n) is 2.85. The Morgan fingerprint density at radius 2 is 2.50 bits per heavy atom. The van der Waals surface area contributed by atoms with Gasteiger partial charge in [0.25, 0.3) is 0 Å². The molecule has 10 heavy (non-hydrogen) atoms. The number of aliphatic imine (C=N–C) groups is 1. The number of nitrogens with zero attached hydrogens (tertiary/aromatic N) is 2. The Morgan fingerprint density at radius 1 is 1.80 bits per heavy atom. The lowest BCUT2D eigenvalue weighted by molar-refractivity contribution is -0.129. The third-order valence-electron chi connectivity index (χ3n) is 1.15. The van der Waals surface area contributed by atoms with Crippen LogP contribution in [0.1, 0.15) is 6.92 Å². The minimum atomic E-state index is -1.40. The average Bonchev–Trinajstić information content (AvgIpc) is 1.88. The molecule has 3 nitrogen and oxygen atoms in total. The Morgan fingerprint density at radius 3 is 2.90 bits per heavy atom. The van der Waals surface area contributed by atoms with Crippen LogP contribution in [0.5, 0.6) is 0 Å². The van der Waals surface area contributed by atoms with Gasteiger partial charge in [-0.25, -0.2) is 4.39 Å². The second-order valence-electron chi connectivity index (χ2n) is 1.90. The average molecular weight is 142 g/mol. The van der Waals surface area contributed by atoms with Crippen molar-refractivity contribution in [1.29, 1.82) is 0 Å². The molecule has 0 aromatic rings. The Bertz CT molecular complexity index is 200. The summed E-state index contributed by atoms with van der Waals surface area (Å²) in [6.45, 7) is 1.30. The van der Waals surface area contributed by atoms with Crippen LogP contribution < -0.4 is 0 Å². The molecule has 0 saturated carbocycles. The lowest BCUT2D eigenvalue weighted by atomic mass is 10.4. The van der Waals surface area contributed by atoms with Gasteiger partial charge in [-0.3, -0.25) is 14.7 Å². The molecule has 0 aliphatic carbocycles. The molecule has 4 heteroatoms. The van der Waals surface area contributed by atoms with Crippen molar-refractivity contribution >= 4 is 12.1 Å². The molecule has 0 aromatic heterocycles. The lowest BCUT2D eigenvalue weighted by Gasteiger charge is -2.19. The molecule has 0 bridgehead atoms. The van der Waals surface area contributed by atoms with Gasteiger partial charge >= 0.3 is 0 Å². The van der Waals surface area contributed by atoms with Crippen molar-refractivity contribution in [3.8, 4) is 0 Å². The molecule has 0 spiro atoms. The Hall–Kier alpha value is -1.19. The molecule has 1 atom stereocenters. The van der Waals surface area contributed by atoms with Crippen molar-refractivity contribution in [1.82, 2.24) is 4.90 Å². The van der Waals surface area contributed by atoms with Crippen LogP contribution in [0.3, 0.4) is 0 Å². The van der Waals surface area contributed by atoms with Crippen molar-refractivity contribution in [2.75, 3.05) is 0 Å². The van der Waals surface area contributed by atoms with Crippen molar-refractivity contribution in [2.45, 2.75) is 13.2 Å². The van der Waals surface area contributed by atoms with Gasteiger partial charge in [-0.2, -0.15) is 0 Å². The number of halogens is 1. The van der Waals surface area contributed by atoms with Crippen LogP contribution >= 0.6 is 0 Å². The molecule has 1 unspecified atom stereocenters. The molecule has 0 fully saturated rings. The van der Waals surface area contributed by atoms with E-state index in [0.717, 1.165) is 11.1 Å². The van der Waals surface area contributed by atoms with Crippen molar-refractivity contribution < 1.29 is 9.18 Å². The SMILES string of the molecule is CC(=O)N1C=CN=CC1F. The molecular formula is C6H7FN2O. The van der Waals surface area contributed by atoms with E-state index in [9.17, 15) is 9.18 Å². The summed E-state index contributed by atoms with van der Waals surface area (Å²) in [7, 11) is 0. The number of hydrogen-bond donors (Lipinski definition) is 0. The van der Waals surface area contributed by atoms with Gasteiger partial charge in [-0.1, -0.05) is 0 Å². The Balaban J connectivity index is 2.70. The first-order valence-corrected chi connectivity index (χ1v) is 2.85. The number of carbonyl (C=O) groups excluding carboxylic acids is 1. The first-order chi connectivity index (χ1) is 4.72. The molecule has 54 valence electrons. The van der Waals surface area contributed by atoms with Crippen LogP contribution in [0.4, 0.5) is 4.39 Å². The van der Waals surface area contributed by atoms with Gasteiger partial charge in [0.15, 0.2) is 0 Å². The van der Waals surface area contributed by atoms with Crippen molar-refractivity contribution in [3.63, 3.8) is 0 Å². The van der Waals surface area contributed by atoms with E-state index in [-0.39, 0.29) is 5.91 Å². The Labute approximate surface area is 57.9 Å². The number of hydrogen-bond acceptors (Lipinski definition) is 2. The topological polar surface area (TPSA) is 32.7 Å².